The molecule has 0 heterocycles. The number of rotatable bonds is 8. The number of hydrogen-bond acceptors (Lipinski definition) is 3. The molecule has 0 aliphatic carbocycles. The second kappa shape index (κ2) is 8.48. The Hall–Kier alpha value is -0.830. The van der Waals surface area contributed by atoms with Crippen molar-refractivity contribution in [2.24, 2.45) is 5.92 Å². The molecule has 1 unspecified atom stereocenters. The molecule has 0 aliphatic rings. The smallest absolute Gasteiger partial charge is 0.320 e. The number of ether oxygens (including phenoxy) is 1. The molecule has 0 N–H and O–H groups in total. The maximum atomic E-state index is 11.3. The van der Waals surface area contributed by atoms with Gasteiger partial charge in [0.1, 0.15) is 0 Å². The predicted octanol–water partition coefficient (Wildman–Crippen LogP) is 2.08. The topological polar surface area (TPSA) is 29.5 Å². The monoisotopic (exact) mass is 213 g/mol. The van der Waals surface area contributed by atoms with Gasteiger partial charge in [-0.1, -0.05) is 26.3 Å². The van der Waals surface area contributed by atoms with Crippen LogP contribution in [0, 0.1) is 5.92 Å². The molecule has 0 rings (SSSR count). The van der Waals surface area contributed by atoms with Gasteiger partial charge in [0.15, 0.2) is 0 Å². The molecule has 0 aromatic rings. The Morgan fingerprint density at radius 1 is 1.53 bits per heavy atom. The molecule has 0 amide bonds. The molecule has 3 heteroatoms. The van der Waals surface area contributed by atoms with E-state index < -0.39 is 0 Å². The van der Waals surface area contributed by atoms with Crippen molar-refractivity contribution in [1.82, 2.24) is 4.90 Å². The molecule has 1 atom stereocenters. The van der Waals surface area contributed by atoms with Crippen LogP contribution in [0.1, 0.15) is 27.2 Å². The first-order valence-electron chi connectivity index (χ1n) is 5.62. The molecule has 0 aromatic carbocycles. The SMILES string of the molecule is C=CCN(CC(=O)OCC)CC(C)CC. The summed E-state index contributed by atoms with van der Waals surface area (Å²) in [6.07, 6.45) is 2.94. The Bertz CT molecular complexity index is 192. The Labute approximate surface area is 93.1 Å². The Kier molecular flexibility index (Phi) is 8.01. The fraction of sp³-hybridized carbons (Fsp3) is 0.750. The molecule has 0 spiro atoms. The van der Waals surface area contributed by atoms with Gasteiger partial charge >= 0.3 is 5.97 Å². The van der Waals surface area contributed by atoms with Crippen LogP contribution in [0.5, 0.6) is 0 Å². The van der Waals surface area contributed by atoms with Gasteiger partial charge in [0, 0.05) is 13.1 Å². The summed E-state index contributed by atoms with van der Waals surface area (Å²) in [5, 5.41) is 0. The van der Waals surface area contributed by atoms with Crippen LogP contribution >= 0.6 is 0 Å². The maximum absolute atomic E-state index is 11.3. The molecule has 3 nitrogen and oxygen atoms in total. The highest BCUT2D eigenvalue weighted by atomic mass is 16.5. The van der Waals surface area contributed by atoms with Crippen LogP contribution in [0.2, 0.25) is 0 Å². The van der Waals surface area contributed by atoms with Crippen LogP contribution in [0.4, 0.5) is 0 Å². The van der Waals surface area contributed by atoms with Gasteiger partial charge in [0.25, 0.3) is 0 Å². The van der Waals surface area contributed by atoms with E-state index >= 15 is 0 Å². The second-order valence-corrected chi connectivity index (χ2v) is 3.80. The van der Waals surface area contributed by atoms with Crippen LogP contribution in [0.3, 0.4) is 0 Å². The van der Waals surface area contributed by atoms with Crippen molar-refractivity contribution < 1.29 is 9.53 Å². The number of carbonyl (C=O) groups excluding carboxylic acids is 1. The van der Waals surface area contributed by atoms with Gasteiger partial charge < -0.3 is 4.74 Å². The quantitative estimate of drug-likeness (QED) is 0.457. The lowest BCUT2D eigenvalue weighted by atomic mass is 10.1. The van der Waals surface area contributed by atoms with Gasteiger partial charge in [0.2, 0.25) is 0 Å². The van der Waals surface area contributed by atoms with E-state index in [9.17, 15) is 4.79 Å². The lowest BCUT2D eigenvalue weighted by Gasteiger charge is -2.22. The van der Waals surface area contributed by atoms with E-state index in [1.165, 1.54) is 0 Å². The average Bonchev–Trinajstić information content (AvgIpc) is 2.18. The largest absolute Gasteiger partial charge is 0.465 e. The summed E-state index contributed by atoms with van der Waals surface area (Å²) in [6.45, 7) is 12.3. The summed E-state index contributed by atoms with van der Waals surface area (Å²) < 4.78 is 4.92. The van der Waals surface area contributed by atoms with Crippen molar-refractivity contribution in [3.63, 3.8) is 0 Å². The van der Waals surface area contributed by atoms with E-state index in [4.69, 9.17) is 4.74 Å². The van der Waals surface area contributed by atoms with Crippen molar-refractivity contribution in [2.75, 3.05) is 26.2 Å². The van der Waals surface area contributed by atoms with E-state index in [0.717, 1.165) is 19.5 Å². The van der Waals surface area contributed by atoms with Gasteiger partial charge in [-0.15, -0.1) is 6.58 Å². The summed E-state index contributed by atoms with van der Waals surface area (Å²) in [4.78, 5) is 13.4. The molecule has 88 valence electrons. The van der Waals surface area contributed by atoms with E-state index in [0.29, 0.717) is 19.1 Å². The third kappa shape index (κ3) is 7.14. The van der Waals surface area contributed by atoms with Crippen molar-refractivity contribution >= 4 is 5.97 Å². The van der Waals surface area contributed by atoms with Crippen molar-refractivity contribution in [3.05, 3.63) is 12.7 Å². The third-order valence-corrected chi connectivity index (χ3v) is 2.31. The minimum absolute atomic E-state index is 0.150. The Balaban J connectivity index is 4.02. The standard InChI is InChI=1S/C12H23NO2/c1-5-8-13(9-11(4)6-2)10-12(14)15-7-3/h5,11H,1,6-10H2,2-4H3. The molecule has 0 fully saturated rings. The summed E-state index contributed by atoms with van der Waals surface area (Å²) in [6, 6.07) is 0. The average molecular weight is 213 g/mol. The zero-order chi connectivity index (χ0) is 11.7. The number of carbonyl (C=O) groups is 1. The van der Waals surface area contributed by atoms with Crippen LogP contribution < -0.4 is 0 Å². The van der Waals surface area contributed by atoms with Gasteiger partial charge in [-0.25, -0.2) is 0 Å². The molecule has 0 aliphatic heterocycles. The summed E-state index contributed by atoms with van der Waals surface area (Å²) in [5.74, 6) is 0.446. The maximum Gasteiger partial charge on any atom is 0.320 e. The van der Waals surface area contributed by atoms with Crippen molar-refractivity contribution in [1.29, 1.82) is 0 Å². The highest BCUT2D eigenvalue weighted by Crippen LogP contribution is 2.04. The lowest BCUT2D eigenvalue weighted by Crippen LogP contribution is -2.34. The molecule has 0 radical (unpaired) electrons. The van der Waals surface area contributed by atoms with Crippen LogP contribution in [-0.2, 0) is 9.53 Å². The highest BCUT2D eigenvalue weighted by molar-refractivity contribution is 5.71. The minimum atomic E-state index is -0.150. The fourth-order valence-corrected chi connectivity index (χ4v) is 1.35. The lowest BCUT2D eigenvalue weighted by molar-refractivity contribution is -0.144. The molecular weight excluding hydrogens is 190 g/mol. The first kappa shape index (κ1) is 14.2. The zero-order valence-electron chi connectivity index (χ0n) is 10.2. The van der Waals surface area contributed by atoms with Crippen LogP contribution in [-0.4, -0.2) is 37.1 Å². The molecular formula is C12H23NO2. The van der Waals surface area contributed by atoms with E-state index in [-0.39, 0.29) is 5.97 Å². The van der Waals surface area contributed by atoms with Gasteiger partial charge in [-0.3, -0.25) is 9.69 Å². The highest BCUT2D eigenvalue weighted by Gasteiger charge is 2.12. The number of nitrogens with zero attached hydrogens (tertiary/aromatic N) is 1. The third-order valence-electron chi connectivity index (χ3n) is 2.31. The van der Waals surface area contributed by atoms with Crippen molar-refractivity contribution in [2.45, 2.75) is 27.2 Å². The number of esters is 1. The fourth-order valence-electron chi connectivity index (χ4n) is 1.35. The first-order chi connectivity index (χ1) is 7.13. The van der Waals surface area contributed by atoms with Gasteiger partial charge in [0.05, 0.1) is 13.2 Å². The number of hydrogen-bond donors (Lipinski definition) is 0. The molecule has 0 aromatic heterocycles. The molecule has 0 bridgehead atoms. The molecule has 15 heavy (non-hydrogen) atoms. The second-order valence-electron chi connectivity index (χ2n) is 3.80. The predicted molar refractivity (Wildman–Crippen MR) is 62.7 cm³/mol. The molecule has 0 saturated carbocycles. The van der Waals surface area contributed by atoms with Gasteiger partial charge in [-0.05, 0) is 12.8 Å². The summed E-state index contributed by atoms with van der Waals surface area (Å²) in [5.41, 5.74) is 0. The van der Waals surface area contributed by atoms with Crippen LogP contribution in [0.15, 0.2) is 12.7 Å². The van der Waals surface area contributed by atoms with Crippen LogP contribution in [0.25, 0.3) is 0 Å². The van der Waals surface area contributed by atoms with Gasteiger partial charge in [-0.2, -0.15) is 0 Å². The van der Waals surface area contributed by atoms with E-state index in [1.807, 2.05) is 13.0 Å². The summed E-state index contributed by atoms with van der Waals surface area (Å²) >= 11 is 0. The minimum Gasteiger partial charge on any atom is -0.465 e. The van der Waals surface area contributed by atoms with E-state index in [1.54, 1.807) is 0 Å². The van der Waals surface area contributed by atoms with E-state index in [2.05, 4.69) is 25.3 Å². The Morgan fingerprint density at radius 2 is 2.20 bits per heavy atom. The zero-order valence-corrected chi connectivity index (χ0v) is 10.2. The Morgan fingerprint density at radius 3 is 2.67 bits per heavy atom. The summed E-state index contributed by atoms with van der Waals surface area (Å²) in [7, 11) is 0. The first-order valence-corrected chi connectivity index (χ1v) is 5.62. The normalized spacial score (nSPS) is 12.5. The molecule has 0 saturated heterocycles. The van der Waals surface area contributed by atoms with Crippen molar-refractivity contribution in [3.8, 4) is 0 Å².